The third-order valence-electron chi connectivity index (χ3n) is 11.7. The Bertz CT molecular complexity index is 2280. The van der Waals surface area contributed by atoms with E-state index in [0.29, 0.717) is 51.9 Å². The molecule has 3 nitrogen and oxygen atoms in total. The third-order valence-corrected chi connectivity index (χ3v) is 11.7. The predicted molar refractivity (Wildman–Crippen MR) is 220 cm³/mol. The summed E-state index contributed by atoms with van der Waals surface area (Å²) in [5, 5.41) is 0. The van der Waals surface area contributed by atoms with Crippen LogP contribution in [0.2, 0.25) is 0 Å². The number of rotatable bonds is 10. The van der Waals surface area contributed by atoms with Gasteiger partial charge in [0.1, 0.15) is 11.5 Å². The maximum Gasteiger partial charge on any atom is 0.198 e. The minimum atomic E-state index is -0.232. The van der Waals surface area contributed by atoms with Crippen LogP contribution in [0.15, 0.2) is 162 Å². The lowest BCUT2D eigenvalue weighted by atomic mass is 9.76. The summed E-state index contributed by atoms with van der Waals surface area (Å²) in [4.78, 5) is 26.2. The molecule has 54 heavy (non-hydrogen) atoms. The number of allylic oxidation sites excluding steroid dienone is 6. The standard InChI is InChI=1S/C51H46O3/c1-5-37(48-44-14-8-6-12-42(44)43-13-7-9-15-45(43)48)29-33(3)39-25-20-36(21-26-39)28-32(2)38-23-18-35(19-24-38)22-27-41-31-40(30-34(4)54-41)49-50(52)46-16-10-11-17-47(46)51(49)53/h6-27,30-33,37,48H,5,28-29H2,1-4H3/b27-22+. The summed E-state index contributed by atoms with van der Waals surface area (Å²) in [6.45, 7) is 8.87. The van der Waals surface area contributed by atoms with Crippen LogP contribution in [0.1, 0.15) is 112 Å². The molecule has 3 atom stereocenters. The molecule has 0 saturated heterocycles. The number of ketones is 2. The highest BCUT2D eigenvalue weighted by Gasteiger charge is 2.36. The minimum absolute atomic E-state index is 0.203. The molecule has 1 heterocycles. The van der Waals surface area contributed by atoms with E-state index in [4.69, 9.17) is 4.74 Å². The first-order valence-electron chi connectivity index (χ1n) is 19.3. The van der Waals surface area contributed by atoms with Crippen molar-refractivity contribution >= 4 is 17.6 Å². The van der Waals surface area contributed by atoms with Crippen LogP contribution in [0.4, 0.5) is 0 Å². The lowest BCUT2D eigenvalue weighted by Gasteiger charge is -2.27. The van der Waals surface area contributed by atoms with Crippen LogP contribution in [0, 0.1) is 5.92 Å². The van der Waals surface area contributed by atoms with E-state index in [1.165, 1.54) is 38.9 Å². The normalized spacial score (nSPS) is 16.7. The molecule has 0 aromatic heterocycles. The van der Waals surface area contributed by atoms with Gasteiger partial charge in [-0.05, 0) is 106 Å². The molecule has 0 fully saturated rings. The summed E-state index contributed by atoms with van der Waals surface area (Å²) < 4.78 is 5.95. The highest BCUT2D eigenvalue weighted by Crippen LogP contribution is 2.50. The lowest BCUT2D eigenvalue weighted by Crippen LogP contribution is -2.14. The second kappa shape index (κ2) is 14.9. The van der Waals surface area contributed by atoms with Gasteiger partial charge in [0.25, 0.3) is 0 Å². The van der Waals surface area contributed by atoms with E-state index < -0.39 is 0 Å². The molecule has 8 rings (SSSR count). The fourth-order valence-corrected chi connectivity index (χ4v) is 8.80. The van der Waals surface area contributed by atoms with Gasteiger partial charge < -0.3 is 4.74 Å². The molecule has 0 saturated carbocycles. The summed E-state index contributed by atoms with van der Waals surface area (Å²) >= 11 is 0. The lowest BCUT2D eigenvalue weighted by molar-refractivity contribution is 0.0987. The van der Waals surface area contributed by atoms with Gasteiger partial charge in [0.15, 0.2) is 11.6 Å². The number of benzene rings is 5. The minimum Gasteiger partial charge on any atom is -0.462 e. The third kappa shape index (κ3) is 6.76. The summed E-state index contributed by atoms with van der Waals surface area (Å²) in [5.74, 6) is 2.64. The van der Waals surface area contributed by atoms with Gasteiger partial charge in [0, 0.05) is 17.0 Å². The van der Waals surface area contributed by atoms with E-state index in [0.717, 1.165) is 24.8 Å². The zero-order valence-electron chi connectivity index (χ0n) is 31.5. The number of Topliss-reactive ketones (excluding diaryl/α,β-unsaturated/α-hetero) is 2. The first-order valence-corrected chi connectivity index (χ1v) is 19.3. The molecule has 268 valence electrons. The fourth-order valence-electron chi connectivity index (χ4n) is 8.80. The van der Waals surface area contributed by atoms with Crippen molar-refractivity contribution in [2.45, 2.75) is 64.7 Å². The topological polar surface area (TPSA) is 43.4 Å². The SMILES string of the molecule is CCC(CC(C)c1ccc(CC(C)c2ccc(/C=C/C3=CC(=C4C(=O)c5ccccc5C4=O)C=C(C)O3)cc2)cc1)C1c2ccccc2-c2ccccc21. The first-order chi connectivity index (χ1) is 26.3. The molecule has 0 amide bonds. The second-order valence-electron chi connectivity index (χ2n) is 15.2. The highest BCUT2D eigenvalue weighted by atomic mass is 16.5. The van der Waals surface area contributed by atoms with Gasteiger partial charge in [-0.15, -0.1) is 0 Å². The van der Waals surface area contributed by atoms with Crippen LogP contribution >= 0.6 is 0 Å². The smallest absolute Gasteiger partial charge is 0.198 e. The van der Waals surface area contributed by atoms with Gasteiger partial charge in [0.05, 0.1) is 5.57 Å². The summed E-state index contributed by atoms with van der Waals surface area (Å²) in [5.41, 5.74) is 12.6. The Hall–Kier alpha value is -5.80. The molecule has 0 spiro atoms. The van der Waals surface area contributed by atoms with E-state index >= 15 is 0 Å². The number of carbonyl (C=O) groups excluding carboxylic acids is 2. The van der Waals surface area contributed by atoms with Crippen LogP contribution < -0.4 is 0 Å². The predicted octanol–water partition coefficient (Wildman–Crippen LogP) is 12.6. The van der Waals surface area contributed by atoms with E-state index in [1.807, 2.05) is 19.1 Å². The summed E-state index contributed by atoms with van der Waals surface area (Å²) in [7, 11) is 0. The van der Waals surface area contributed by atoms with Crippen molar-refractivity contribution in [3.63, 3.8) is 0 Å². The van der Waals surface area contributed by atoms with Crippen molar-refractivity contribution in [2.75, 3.05) is 0 Å². The molecule has 0 N–H and O–H groups in total. The van der Waals surface area contributed by atoms with Gasteiger partial charge in [-0.2, -0.15) is 0 Å². The zero-order chi connectivity index (χ0) is 37.3. The number of carbonyl (C=O) groups is 2. The number of fused-ring (bicyclic) bond motifs is 4. The number of ether oxygens (including phenoxy) is 1. The Morgan fingerprint density at radius 2 is 1.17 bits per heavy atom. The molecule has 5 aromatic rings. The zero-order valence-corrected chi connectivity index (χ0v) is 31.5. The van der Waals surface area contributed by atoms with Gasteiger partial charge in [-0.1, -0.05) is 155 Å². The number of hydrogen-bond acceptors (Lipinski definition) is 3. The fraction of sp³-hybridized carbons (Fsp3) is 0.216. The van der Waals surface area contributed by atoms with Crippen molar-refractivity contribution < 1.29 is 14.3 Å². The van der Waals surface area contributed by atoms with Crippen molar-refractivity contribution in [3.8, 4) is 11.1 Å². The highest BCUT2D eigenvalue weighted by molar-refractivity contribution is 6.40. The first kappa shape index (κ1) is 35.2. The molecule has 1 aliphatic heterocycles. The van der Waals surface area contributed by atoms with Gasteiger partial charge in [-0.25, -0.2) is 0 Å². The average molecular weight is 707 g/mol. The largest absolute Gasteiger partial charge is 0.462 e. The van der Waals surface area contributed by atoms with Crippen molar-refractivity contribution in [3.05, 3.63) is 207 Å². The second-order valence-corrected chi connectivity index (χ2v) is 15.2. The molecule has 3 heteroatoms. The van der Waals surface area contributed by atoms with E-state index in [1.54, 1.807) is 36.4 Å². The molecular formula is C51H46O3. The number of hydrogen-bond donors (Lipinski definition) is 0. The Morgan fingerprint density at radius 1 is 0.630 bits per heavy atom. The van der Waals surface area contributed by atoms with Crippen LogP contribution in [0.25, 0.3) is 17.2 Å². The molecule has 3 unspecified atom stereocenters. The Labute approximate surface area is 319 Å². The van der Waals surface area contributed by atoms with Crippen molar-refractivity contribution in [1.82, 2.24) is 0 Å². The Morgan fingerprint density at radius 3 is 1.76 bits per heavy atom. The molecular weight excluding hydrogens is 661 g/mol. The average Bonchev–Trinajstić information content (AvgIpc) is 3.66. The van der Waals surface area contributed by atoms with Crippen LogP contribution in [-0.2, 0) is 11.2 Å². The van der Waals surface area contributed by atoms with Crippen molar-refractivity contribution in [1.29, 1.82) is 0 Å². The van der Waals surface area contributed by atoms with Crippen LogP contribution in [0.5, 0.6) is 0 Å². The summed E-state index contributed by atoms with van der Waals surface area (Å²) in [6, 6.07) is 43.0. The Kier molecular flexibility index (Phi) is 9.73. The van der Waals surface area contributed by atoms with Crippen molar-refractivity contribution in [2.24, 2.45) is 5.92 Å². The molecule has 0 bridgehead atoms. The molecule has 0 radical (unpaired) electrons. The van der Waals surface area contributed by atoms with E-state index in [9.17, 15) is 9.59 Å². The quantitative estimate of drug-likeness (QED) is 0.107. The molecule has 5 aromatic carbocycles. The van der Waals surface area contributed by atoms with E-state index in [-0.39, 0.29) is 17.1 Å². The van der Waals surface area contributed by atoms with Gasteiger partial charge in [0.2, 0.25) is 0 Å². The Balaban J connectivity index is 0.899. The van der Waals surface area contributed by atoms with Crippen LogP contribution in [0.3, 0.4) is 0 Å². The molecule has 3 aliphatic rings. The van der Waals surface area contributed by atoms with Gasteiger partial charge in [-0.3, -0.25) is 9.59 Å². The van der Waals surface area contributed by atoms with Gasteiger partial charge >= 0.3 is 0 Å². The monoisotopic (exact) mass is 706 g/mol. The maximum absolute atomic E-state index is 13.1. The molecule has 2 aliphatic carbocycles. The van der Waals surface area contributed by atoms with E-state index in [2.05, 4.69) is 118 Å². The maximum atomic E-state index is 13.1. The van der Waals surface area contributed by atoms with Crippen LogP contribution in [-0.4, -0.2) is 11.6 Å². The summed E-state index contributed by atoms with van der Waals surface area (Å²) in [6.07, 6.45) is 10.7.